The Balaban J connectivity index is 1.19. The van der Waals surface area contributed by atoms with E-state index in [2.05, 4.69) is 119 Å². The summed E-state index contributed by atoms with van der Waals surface area (Å²) in [6.45, 7) is 13.3. The second kappa shape index (κ2) is 17.3. The van der Waals surface area contributed by atoms with Crippen LogP contribution in [0.3, 0.4) is 0 Å². The van der Waals surface area contributed by atoms with Gasteiger partial charge in [0.15, 0.2) is 5.78 Å². The van der Waals surface area contributed by atoms with Gasteiger partial charge in [0.05, 0.1) is 5.56 Å². The number of nitrogens with zero attached hydrogens (tertiary/aromatic N) is 1. The Morgan fingerprint density at radius 3 is 1.47 bits per heavy atom. The number of ketones is 1. The minimum Gasteiger partial charge on any atom is -0.505 e. The van der Waals surface area contributed by atoms with Gasteiger partial charge in [0, 0.05) is 34.3 Å². The average Bonchev–Trinajstić information content (AvgIpc) is 3.20. The maximum atomic E-state index is 13.5. The number of anilines is 3. The lowest BCUT2D eigenvalue weighted by atomic mass is 9.86. The van der Waals surface area contributed by atoms with E-state index in [1.807, 2.05) is 12.2 Å². The third kappa shape index (κ3) is 10.3. The molecule has 0 aliphatic carbocycles. The summed E-state index contributed by atoms with van der Waals surface area (Å²) >= 11 is 0. The maximum absolute atomic E-state index is 13.5. The predicted octanol–water partition coefficient (Wildman–Crippen LogP) is 13.5. The first-order chi connectivity index (χ1) is 27.5. The highest BCUT2D eigenvalue weighted by Gasteiger charge is 2.22. The summed E-state index contributed by atoms with van der Waals surface area (Å²) in [5.74, 6) is -1.83. The Labute approximate surface area is 340 Å². The molecule has 6 aromatic rings. The lowest BCUT2D eigenvalue weighted by Crippen LogP contribution is -2.14. The molecule has 0 amide bonds. The first kappa shape index (κ1) is 41.1. The van der Waals surface area contributed by atoms with Gasteiger partial charge in [0.1, 0.15) is 5.76 Å². The Kier molecular flexibility index (Phi) is 12.3. The van der Waals surface area contributed by atoms with Gasteiger partial charge in [-0.1, -0.05) is 145 Å². The van der Waals surface area contributed by atoms with Gasteiger partial charge in [-0.3, -0.25) is 4.79 Å². The number of hydrogen-bond acceptors (Lipinski definition) is 4. The highest BCUT2D eigenvalue weighted by Crippen LogP contribution is 2.37. The van der Waals surface area contributed by atoms with Gasteiger partial charge in [0.25, 0.3) is 0 Å². The number of carboxylic acid groups (broad SMARTS) is 1. The van der Waals surface area contributed by atoms with Crippen LogP contribution in [0, 0.1) is 0 Å². The van der Waals surface area contributed by atoms with Crippen LogP contribution in [0.4, 0.5) is 25.7 Å². The molecular weight excluding hydrogens is 727 g/mol. The molecule has 0 heterocycles. The van der Waals surface area contributed by atoms with Crippen molar-refractivity contribution in [2.24, 2.45) is 0 Å². The third-order valence-corrected chi connectivity index (χ3v) is 9.89. The van der Waals surface area contributed by atoms with Gasteiger partial charge in [-0.25, -0.2) is 13.4 Å². The van der Waals surface area contributed by atoms with E-state index in [-0.39, 0.29) is 27.7 Å². The van der Waals surface area contributed by atoms with Gasteiger partial charge < -0.3 is 14.7 Å². The normalized spacial score (nSPS) is 12.0. The van der Waals surface area contributed by atoms with Crippen molar-refractivity contribution in [3.05, 3.63) is 191 Å². The van der Waals surface area contributed by atoms with E-state index >= 15 is 0 Å². The molecule has 0 aromatic heterocycles. The Morgan fingerprint density at radius 2 is 1.02 bits per heavy atom. The van der Waals surface area contributed by atoms with Crippen LogP contribution in [-0.4, -0.2) is 24.3 Å². The molecule has 0 bridgehead atoms. The van der Waals surface area contributed by atoms with Crippen LogP contribution in [0.1, 0.15) is 90.1 Å². The van der Waals surface area contributed by atoms with Crippen molar-refractivity contribution < 1.29 is 28.0 Å². The van der Waals surface area contributed by atoms with Crippen molar-refractivity contribution in [2.45, 2.75) is 52.4 Å². The van der Waals surface area contributed by atoms with E-state index in [0.717, 1.165) is 34.3 Å². The van der Waals surface area contributed by atoms with E-state index < -0.39 is 19.2 Å². The van der Waals surface area contributed by atoms with Crippen LogP contribution >= 0.6 is 0 Å². The molecule has 58 heavy (non-hydrogen) atoms. The molecule has 0 spiro atoms. The molecule has 0 unspecified atom stereocenters. The third-order valence-electron chi connectivity index (χ3n) is 9.89. The summed E-state index contributed by atoms with van der Waals surface area (Å²) in [7, 11) is -3.15. The lowest BCUT2D eigenvalue weighted by molar-refractivity contribution is 0.0696. The summed E-state index contributed by atoms with van der Waals surface area (Å²) in [5.41, 5.74) is 9.67. The molecule has 0 atom stereocenters. The van der Waals surface area contributed by atoms with Crippen molar-refractivity contribution in [1.82, 2.24) is 0 Å². The fourth-order valence-corrected chi connectivity index (χ4v) is 6.49. The van der Waals surface area contributed by atoms with Crippen LogP contribution in [-0.2, 0) is 15.5 Å². The molecule has 0 fully saturated rings. The lowest BCUT2D eigenvalue weighted by Gasteiger charge is -2.28. The van der Waals surface area contributed by atoms with Crippen LogP contribution in [0.15, 0.2) is 152 Å². The predicted molar refractivity (Wildman–Crippen MR) is 234 cm³/mol. The molecule has 1 N–H and O–H groups in total. The molecule has 6 aromatic carbocycles. The van der Waals surface area contributed by atoms with Gasteiger partial charge in [-0.2, -0.15) is 0 Å². The highest BCUT2D eigenvalue weighted by molar-refractivity contribution is 6.36. The number of carboxylic acids is 1. The molecule has 0 aliphatic rings. The van der Waals surface area contributed by atoms with E-state index in [1.54, 1.807) is 60.7 Å². The molecule has 8 heteroatoms. The van der Waals surface area contributed by atoms with Crippen LogP contribution in [0.2, 0.25) is 0 Å². The van der Waals surface area contributed by atoms with Crippen LogP contribution in [0.25, 0.3) is 29.0 Å². The van der Waals surface area contributed by atoms with Gasteiger partial charge in [-0.05, 0) is 98.8 Å². The minimum atomic E-state index is -3.15. The monoisotopic (exact) mass is 773 g/mol. The van der Waals surface area contributed by atoms with Crippen molar-refractivity contribution in [3.8, 4) is 11.1 Å². The number of aromatic carboxylic acids is 1. The summed E-state index contributed by atoms with van der Waals surface area (Å²) in [5, 5.41) is 9.21. The van der Waals surface area contributed by atoms with Crippen molar-refractivity contribution in [3.63, 3.8) is 0 Å². The topological polar surface area (TPSA) is 66.8 Å². The summed E-state index contributed by atoms with van der Waals surface area (Å²) in [6, 6.07) is 45.5. The number of hydrogen-bond donors (Lipinski definition) is 1. The van der Waals surface area contributed by atoms with Crippen LogP contribution in [0.5, 0.6) is 0 Å². The minimum absolute atomic E-state index is 0.0457. The number of halogens is 2. The standard InChI is InChI=1S/C50H46BF2NO4/c1-49(2,3)41-22-28-44(29-23-41)54(45-30-24-42(25-31-45)50(4,5)6)43-26-14-35(15-27-43)11-10-34-12-16-37(17-13-34)46(55)33-47(58-51(52)53)40-9-7-8-39(32-40)36-18-20-38(21-19-36)48(56)57/h7-33H,1-6H3,(H,56,57)/b11-10+,47-33-. The molecule has 0 aliphatic heterocycles. The molecule has 0 radical (unpaired) electrons. The maximum Gasteiger partial charge on any atom is 0.796 e. The van der Waals surface area contributed by atoms with Gasteiger partial charge in [-0.15, -0.1) is 0 Å². The average molecular weight is 774 g/mol. The quantitative estimate of drug-likeness (QED) is 0.0441. The number of carbonyl (C=O) groups is 2. The van der Waals surface area contributed by atoms with Crippen LogP contribution < -0.4 is 4.90 Å². The number of rotatable bonds is 12. The molecule has 0 saturated heterocycles. The zero-order chi connectivity index (χ0) is 41.6. The Hall–Kier alpha value is -6.54. The van der Waals surface area contributed by atoms with Crippen molar-refractivity contribution in [1.29, 1.82) is 0 Å². The summed E-state index contributed by atoms with van der Waals surface area (Å²) in [4.78, 5) is 26.8. The smallest absolute Gasteiger partial charge is 0.505 e. The van der Waals surface area contributed by atoms with Crippen molar-refractivity contribution in [2.75, 3.05) is 4.90 Å². The van der Waals surface area contributed by atoms with E-state index in [9.17, 15) is 23.3 Å². The van der Waals surface area contributed by atoms with E-state index in [0.29, 0.717) is 16.7 Å². The number of benzene rings is 6. The zero-order valence-electron chi connectivity index (χ0n) is 33.5. The Morgan fingerprint density at radius 1 is 0.569 bits per heavy atom. The Bertz CT molecular complexity index is 2370. The SMILES string of the molecule is CC(C)(C)c1ccc(N(c2ccc(/C=C/c3ccc(C(=O)/C=C(\OB(F)F)c4cccc(-c5ccc(C(=O)O)cc5)c4)cc3)cc2)c2ccc(C(C)(C)C)cc2)cc1. The molecule has 292 valence electrons. The first-order valence-corrected chi connectivity index (χ1v) is 19.1. The second-order valence-electron chi connectivity index (χ2n) is 16.2. The first-order valence-electron chi connectivity index (χ1n) is 19.1. The largest absolute Gasteiger partial charge is 0.796 e. The fourth-order valence-electron chi connectivity index (χ4n) is 6.49. The van der Waals surface area contributed by atoms with Crippen molar-refractivity contribution >= 4 is 54.2 Å². The number of carbonyl (C=O) groups excluding carboxylic acids is 1. The zero-order valence-corrected chi connectivity index (χ0v) is 33.5. The second-order valence-corrected chi connectivity index (χ2v) is 16.2. The molecule has 6 rings (SSSR count). The molecule has 0 saturated carbocycles. The summed E-state index contributed by atoms with van der Waals surface area (Å²) < 4.78 is 31.8. The number of allylic oxidation sites excluding steroid dienone is 1. The fraction of sp³-hybridized carbons (Fsp3) is 0.160. The van der Waals surface area contributed by atoms with Gasteiger partial charge >= 0.3 is 13.4 Å². The highest BCUT2D eigenvalue weighted by atomic mass is 19.2. The van der Waals surface area contributed by atoms with E-state index in [1.165, 1.54) is 23.3 Å². The summed E-state index contributed by atoms with van der Waals surface area (Å²) in [6.07, 6.45) is 5.01. The van der Waals surface area contributed by atoms with Gasteiger partial charge in [0.2, 0.25) is 0 Å². The molecular formula is C50H46BF2NO4. The van der Waals surface area contributed by atoms with E-state index in [4.69, 9.17) is 4.65 Å². The molecule has 5 nitrogen and oxygen atoms in total.